The number of hydrogen-bond donors (Lipinski definition) is 1. The van der Waals surface area contributed by atoms with Gasteiger partial charge in [-0.15, -0.1) is 0 Å². The molecule has 0 heterocycles. The van der Waals surface area contributed by atoms with E-state index in [2.05, 4.69) is 48.3 Å². The normalized spacial score (nSPS) is 17.2. The molecule has 1 aliphatic carbocycles. The topological polar surface area (TPSA) is 15.3 Å². The molecular formula is C14H22N2. The molecule has 0 radical (unpaired) electrons. The first-order valence-electron chi connectivity index (χ1n) is 6.30. The number of nitrogens with zero attached hydrogens (tertiary/aromatic N) is 1. The average Bonchev–Trinajstić information content (AvgIpc) is 3.14. The van der Waals surface area contributed by atoms with Crippen molar-refractivity contribution in [2.45, 2.75) is 38.8 Å². The van der Waals surface area contributed by atoms with Crippen LogP contribution in [0.3, 0.4) is 0 Å². The molecule has 88 valence electrons. The Bertz CT molecular complexity index is 327. The molecule has 2 rings (SSSR count). The van der Waals surface area contributed by atoms with E-state index in [1.165, 1.54) is 24.1 Å². The van der Waals surface area contributed by atoms with Gasteiger partial charge in [0.1, 0.15) is 0 Å². The van der Waals surface area contributed by atoms with E-state index in [9.17, 15) is 0 Å². The second-order valence-corrected chi connectivity index (χ2v) is 4.62. The van der Waals surface area contributed by atoms with Gasteiger partial charge in [-0.05, 0) is 51.4 Å². The Kier molecular flexibility index (Phi) is 3.49. The van der Waals surface area contributed by atoms with Crippen LogP contribution >= 0.6 is 0 Å². The minimum atomic E-state index is 0.435. The van der Waals surface area contributed by atoms with E-state index in [0.29, 0.717) is 6.04 Å². The minimum Gasteiger partial charge on any atom is -0.369 e. The standard InChI is InChI=1S/C14H22N2/c1-4-16(14-9-10-14)13-7-5-12(6-8-13)11(2)15-3/h5-8,11,14-15H,4,9-10H2,1-3H3. The Morgan fingerprint density at radius 2 is 1.94 bits per heavy atom. The third-order valence-corrected chi connectivity index (χ3v) is 3.49. The van der Waals surface area contributed by atoms with E-state index < -0.39 is 0 Å². The van der Waals surface area contributed by atoms with Gasteiger partial charge in [-0.25, -0.2) is 0 Å². The molecule has 1 saturated carbocycles. The fraction of sp³-hybridized carbons (Fsp3) is 0.571. The Morgan fingerprint density at radius 3 is 2.38 bits per heavy atom. The van der Waals surface area contributed by atoms with E-state index in [-0.39, 0.29) is 0 Å². The number of benzene rings is 1. The fourth-order valence-electron chi connectivity index (χ4n) is 2.16. The van der Waals surface area contributed by atoms with Gasteiger partial charge in [-0.1, -0.05) is 12.1 Å². The molecule has 0 spiro atoms. The summed E-state index contributed by atoms with van der Waals surface area (Å²) in [5.41, 5.74) is 2.73. The molecule has 0 aliphatic heterocycles. The first kappa shape index (κ1) is 11.5. The van der Waals surface area contributed by atoms with Crippen LogP contribution in [0.1, 0.15) is 38.3 Å². The summed E-state index contributed by atoms with van der Waals surface area (Å²) in [5, 5.41) is 3.27. The predicted octanol–water partition coefficient (Wildman–Crippen LogP) is 2.96. The third-order valence-electron chi connectivity index (χ3n) is 3.49. The highest BCUT2D eigenvalue weighted by molar-refractivity contribution is 5.50. The highest BCUT2D eigenvalue weighted by Gasteiger charge is 2.27. The summed E-state index contributed by atoms with van der Waals surface area (Å²) >= 11 is 0. The van der Waals surface area contributed by atoms with Crippen LogP contribution in [-0.2, 0) is 0 Å². The molecule has 1 unspecified atom stereocenters. The molecule has 0 aromatic heterocycles. The van der Waals surface area contributed by atoms with Crippen molar-refractivity contribution in [2.24, 2.45) is 0 Å². The first-order chi connectivity index (χ1) is 7.76. The van der Waals surface area contributed by atoms with Crippen molar-refractivity contribution < 1.29 is 0 Å². The molecule has 1 aromatic rings. The summed E-state index contributed by atoms with van der Waals surface area (Å²) in [6, 6.07) is 10.2. The van der Waals surface area contributed by atoms with Crippen molar-refractivity contribution in [1.82, 2.24) is 5.32 Å². The zero-order valence-electron chi connectivity index (χ0n) is 10.5. The highest BCUT2D eigenvalue weighted by Crippen LogP contribution is 2.31. The third kappa shape index (κ3) is 2.38. The maximum atomic E-state index is 3.27. The predicted molar refractivity (Wildman–Crippen MR) is 70.0 cm³/mol. The Hall–Kier alpha value is -1.02. The summed E-state index contributed by atoms with van der Waals surface area (Å²) in [5.74, 6) is 0. The molecule has 1 atom stereocenters. The van der Waals surface area contributed by atoms with Gasteiger partial charge in [-0.2, -0.15) is 0 Å². The second kappa shape index (κ2) is 4.88. The number of nitrogens with one attached hydrogen (secondary N) is 1. The van der Waals surface area contributed by atoms with E-state index >= 15 is 0 Å². The summed E-state index contributed by atoms with van der Waals surface area (Å²) in [7, 11) is 2.00. The molecule has 2 heteroatoms. The minimum absolute atomic E-state index is 0.435. The van der Waals surface area contributed by atoms with Crippen LogP contribution in [0.4, 0.5) is 5.69 Å². The molecule has 0 bridgehead atoms. The van der Waals surface area contributed by atoms with Crippen molar-refractivity contribution in [3.8, 4) is 0 Å². The fourth-order valence-corrected chi connectivity index (χ4v) is 2.16. The lowest BCUT2D eigenvalue weighted by atomic mass is 10.1. The highest BCUT2D eigenvalue weighted by atomic mass is 15.2. The molecule has 2 nitrogen and oxygen atoms in total. The molecule has 1 aromatic carbocycles. The summed E-state index contributed by atoms with van der Waals surface area (Å²) in [6.45, 7) is 5.54. The molecular weight excluding hydrogens is 196 g/mol. The maximum Gasteiger partial charge on any atom is 0.0368 e. The summed E-state index contributed by atoms with van der Waals surface area (Å²) in [6.07, 6.45) is 2.73. The smallest absolute Gasteiger partial charge is 0.0368 e. The van der Waals surface area contributed by atoms with Gasteiger partial charge in [-0.3, -0.25) is 0 Å². The van der Waals surface area contributed by atoms with Gasteiger partial charge in [0.2, 0.25) is 0 Å². The van der Waals surface area contributed by atoms with Gasteiger partial charge in [0, 0.05) is 24.3 Å². The van der Waals surface area contributed by atoms with Crippen molar-refractivity contribution in [3.05, 3.63) is 29.8 Å². The second-order valence-electron chi connectivity index (χ2n) is 4.62. The lowest BCUT2D eigenvalue weighted by Gasteiger charge is -2.23. The lowest BCUT2D eigenvalue weighted by molar-refractivity contribution is 0.652. The van der Waals surface area contributed by atoms with Crippen LogP contribution in [0.5, 0.6) is 0 Å². The molecule has 0 saturated heterocycles. The van der Waals surface area contributed by atoms with E-state index in [1.807, 2.05) is 7.05 Å². The molecule has 1 aliphatic rings. The van der Waals surface area contributed by atoms with Gasteiger partial charge < -0.3 is 10.2 Å². The van der Waals surface area contributed by atoms with Gasteiger partial charge in [0.05, 0.1) is 0 Å². The van der Waals surface area contributed by atoms with Crippen molar-refractivity contribution in [1.29, 1.82) is 0 Å². The molecule has 0 amide bonds. The molecule has 1 N–H and O–H groups in total. The zero-order valence-corrected chi connectivity index (χ0v) is 10.5. The Balaban J connectivity index is 2.11. The van der Waals surface area contributed by atoms with Gasteiger partial charge >= 0.3 is 0 Å². The number of anilines is 1. The van der Waals surface area contributed by atoms with E-state index in [1.54, 1.807) is 0 Å². The van der Waals surface area contributed by atoms with E-state index in [4.69, 9.17) is 0 Å². The Morgan fingerprint density at radius 1 is 1.31 bits per heavy atom. The van der Waals surface area contributed by atoms with Crippen LogP contribution in [0.25, 0.3) is 0 Å². The lowest BCUT2D eigenvalue weighted by Crippen LogP contribution is -2.24. The van der Waals surface area contributed by atoms with E-state index in [0.717, 1.165) is 12.6 Å². The summed E-state index contributed by atoms with van der Waals surface area (Å²) in [4.78, 5) is 2.51. The van der Waals surface area contributed by atoms with Crippen LogP contribution in [0.2, 0.25) is 0 Å². The zero-order chi connectivity index (χ0) is 11.5. The van der Waals surface area contributed by atoms with Crippen molar-refractivity contribution >= 4 is 5.69 Å². The van der Waals surface area contributed by atoms with Crippen LogP contribution in [0, 0.1) is 0 Å². The Labute approximate surface area is 98.7 Å². The van der Waals surface area contributed by atoms with Gasteiger partial charge in [0.25, 0.3) is 0 Å². The van der Waals surface area contributed by atoms with Crippen LogP contribution < -0.4 is 10.2 Å². The van der Waals surface area contributed by atoms with Crippen molar-refractivity contribution in [3.63, 3.8) is 0 Å². The number of hydrogen-bond acceptors (Lipinski definition) is 2. The first-order valence-corrected chi connectivity index (χ1v) is 6.30. The largest absolute Gasteiger partial charge is 0.369 e. The molecule has 16 heavy (non-hydrogen) atoms. The quantitative estimate of drug-likeness (QED) is 0.817. The summed E-state index contributed by atoms with van der Waals surface area (Å²) < 4.78 is 0. The SMILES string of the molecule is CCN(c1ccc(C(C)NC)cc1)C1CC1. The van der Waals surface area contributed by atoms with Crippen LogP contribution in [-0.4, -0.2) is 19.6 Å². The number of rotatable bonds is 5. The average molecular weight is 218 g/mol. The monoisotopic (exact) mass is 218 g/mol. The maximum absolute atomic E-state index is 3.27. The van der Waals surface area contributed by atoms with Gasteiger partial charge in [0.15, 0.2) is 0 Å². The van der Waals surface area contributed by atoms with Crippen molar-refractivity contribution in [2.75, 3.05) is 18.5 Å². The van der Waals surface area contributed by atoms with Crippen LogP contribution in [0.15, 0.2) is 24.3 Å². The molecule has 1 fully saturated rings.